The molecule has 0 bridgehead atoms. The molecule has 2 aliphatic carbocycles. The number of terminal acetylenes is 1. The van der Waals surface area contributed by atoms with Crippen molar-refractivity contribution < 1.29 is 24.2 Å². The van der Waals surface area contributed by atoms with Crippen molar-refractivity contribution in [1.29, 1.82) is 0 Å². The highest BCUT2D eigenvalue weighted by Gasteiger charge is 2.34. The lowest BCUT2D eigenvalue weighted by atomic mass is 9.84. The Morgan fingerprint density at radius 2 is 1.65 bits per heavy atom. The van der Waals surface area contributed by atoms with Crippen molar-refractivity contribution in [2.24, 2.45) is 5.92 Å². The molecule has 0 radical (unpaired) electrons. The Morgan fingerprint density at radius 1 is 1.03 bits per heavy atom. The Bertz CT molecular complexity index is 1080. The highest BCUT2D eigenvalue weighted by molar-refractivity contribution is 5.87. The highest BCUT2D eigenvalue weighted by atomic mass is 16.5. The fraction of sp³-hybridized carbons (Fsp3) is 0.370. The molecule has 34 heavy (non-hydrogen) atoms. The number of hydrogen-bond acceptors (Lipinski definition) is 4. The molecule has 1 saturated carbocycles. The number of amides is 2. The number of rotatable bonds is 7. The lowest BCUT2D eigenvalue weighted by Gasteiger charge is -2.30. The van der Waals surface area contributed by atoms with Crippen molar-refractivity contribution in [1.82, 2.24) is 10.6 Å². The van der Waals surface area contributed by atoms with Gasteiger partial charge in [-0.3, -0.25) is 9.59 Å². The van der Waals surface area contributed by atoms with E-state index in [9.17, 15) is 19.5 Å². The van der Waals surface area contributed by atoms with Gasteiger partial charge in [0.1, 0.15) is 12.6 Å². The monoisotopic (exact) mass is 460 g/mol. The number of carbonyl (C=O) groups excluding carboxylic acids is 2. The summed E-state index contributed by atoms with van der Waals surface area (Å²) in [4.78, 5) is 37.0. The summed E-state index contributed by atoms with van der Waals surface area (Å²) in [7, 11) is 0. The maximum Gasteiger partial charge on any atom is 0.407 e. The molecule has 2 amide bonds. The van der Waals surface area contributed by atoms with Gasteiger partial charge in [-0.15, -0.1) is 12.3 Å². The van der Waals surface area contributed by atoms with Gasteiger partial charge in [0.2, 0.25) is 5.91 Å². The summed E-state index contributed by atoms with van der Waals surface area (Å²) < 4.78 is 5.52. The fourth-order valence-electron chi connectivity index (χ4n) is 4.99. The van der Waals surface area contributed by atoms with E-state index >= 15 is 0 Å². The van der Waals surface area contributed by atoms with Crippen LogP contribution in [0.1, 0.15) is 49.1 Å². The van der Waals surface area contributed by atoms with Crippen LogP contribution in [0.3, 0.4) is 0 Å². The van der Waals surface area contributed by atoms with E-state index in [0.29, 0.717) is 12.8 Å². The van der Waals surface area contributed by atoms with E-state index in [4.69, 9.17) is 11.2 Å². The highest BCUT2D eigenvalue weighted by Crippen LogP contribution is 2.44. The molecular weight excluding hydrogens is 432 g/mol. The minimum atomic E-state index is -1.00. The second-order valence-electron chi connectivity index (χ2n) is 8.77. The Labute approximate surface area is 198 Å². The zero-order valence-corrected chi connectivity index (χ0v) is 18.8. The normalized spacial score (nSPS) is 19.7. The molecule has 3 atom stereocenters. The van der Waals surface area contributed by atoms with Crippen molar-refractivity contribution in [2.45, 2.75) is 50.1 Å². The van der Waals surface area contributed by atoms with Gasteiger partial charge >= 0.3 is 12.1 Å². The largest absolute Gasteiger partial charge is 0.481 e. The van der Waals surface area contributed by atoms with Gasteiger partial charge in [-0.25, -0.2) is 4.79 Å². The summed E-state index contributed by atoms with van der Waals surface area (Å²) in [6.07, 6.45) is 7.40. The van der Waals surface area contributed by atoms with Crippen LogP contribution in [0.4, 0.5) is 4.79 Å². The maximum absolute atomic E-state index is 12.8. The van der Waals surface area contributed by atoms with E-state index < -0.39 is 36.0 Å². The summed E-state index contributed by atoms with van der Waals surface area (Å²) in [6, 6.07) is 14.6. The summed E-state index contributed by atoms with van der Waals surface area (Å²) in [5.74, 6) is 0.237. The van der Waals surface area contributed by atoms with Gasteiger partial charge in [0, 0.05) is 18.4 Å². The molecule has 0 heterocycles. The molecule has 3 unspecified atom stereocenters. The number of alkyl carbamates (subject to hydrolysis) is 1. The molecule has 1 fully saturated rings. The lowest BCUT2D eigenvalue weighted by molar-refractivity contribution is -0.144. The first-order valence-electron chi connectivity index (χ1n) is 11.6. The topological polar surface area (TPSA) is 105 Å². The average Bonchev–Trinajstić information content (AvgIpc) is 3.16. The number of hydrogen-bond donors (Lipinski definition) is 3. The predicted molar refractivity (Wildman–Crippen MR) is 127 cm³/mol. The van der Waals surface area contributed by atoms with Crippen molar-refractivity contribution in [3.63, 3.8) is 0 Å². The molecule has 2 aliphatic rings. The molecular formula is C27H28N2O5. The van der Waals surface area contributed by atoms with E-state index in [1.165, 1.54) is 0 Å². The van der Waals surface area contributed by atoms with Gasteiger partial charge in [-0.05, 0) is 35.1 Å². The Morgan fingerprint density at radius 3 is 2.26 bits per heavy atom. The molecule has 0 aliphatic heterocycles. The third-order valence-electron chi connectivity index (χ3n) is 6.69. The number of ether oxygens (including phenoxy) is 1. The minimum absolute atomic E-state index is 0.0273. The van der Waals surface area contributed by atoms with Crippen LogP contribution in [0, 0.1) is 18.3 Å². The third-order valence-corrected chi connectivity index (χ3v) is 6.69. The van der Waals surface area contributed by atoms with E-state index in [0.717, 1.165) is 35.1 Å². The van der Waals surface area contributed by atoms with Gasteiger partial charge in [0.15, 0.2) is 0 Å². The van der Waals surface area contributed by atoms with Crippen LogP contribution in [0.2, 0.25) is 0 Å². The van der Waals surface area contributed by atoms with Crippen molar-refractivity contribution in [2.75, 3.05) is 6.61 Å². The number of fused-ring (bicyclic) bond motifs is 3. The lowest BCUT2D eigenvalue weighted by Crippen LogP contribution is -2.53. The van der Waals surface area contributed by atoms with Crippen LogP contribution in [0.25, 0.3) is 11.1 Å². The van der Waals surface area contributed by atoms with Crippen molar-refractivity contribution in [3.05, 3.63) is 59.7 Å². The summed E-state index contributed by atoms with van der Waals surface area (Å²) in [5.41, 5.74) is 4.42. The molecule has 4 rings (SSSR count). The number of benzene rings is 2. The first kappa shape index (κ1) is 23.4. The van der Waals surface area contributed by atoms with Crippen LogP contribution < -0.4 is 10.6 Å². The molecule has 7 heteroatoms. The molecule has 0 aromatic heterocycles. The fourth-order valence-corrected chi connectivity index (χ4v) is 4.99. The van der Waals surface area contributed by atoms with Crippen LogP contribution in [0.5, 0.6) is 0 Å². The third kappa shape index (κ3) is 4.91. The molecule has 0 saturated heterocycles. The Kier molecular flexibility index (Phi) is 7.17. The zero-order chi connectivity index (χ0) is 24.1. The number of carboxylic acids is 1. The van der Waals surface area contributed by atoms with Gasteiger partial charge < -0.3 is 20.5 Å². The van der Waals surface area contributed by atoms with Gasteiger partial charge in [0.05, 0.1) is 5.92 Å². The first-order valence-corrected chi connectivity index (χ1v) is 11.6. The van der Waals surface area contributed by atoms with E-state index in [2.05, 4.69) is 28.7 Å². The second kappa shape index (κ2) is 10.4. The SMILES string of the molecule is C#CCC(NC(=O)OCC1c2ccccc2-c2ccccc21)C(=O)NC1CCCCC1C(=O)O. The number of nitrogens with one attached hydrogen (secondary N) is 2. The van der Waals surface area contributed by atoms with Crippen molar-refractivity contribution in [3.8, 4) is 23.5 Å². The van der Waals surface area contributed by atoms with E-state index in [1.54, 1.807) is 0 Å². The van der Waals surface area contributed by atoms with Gasteiger partial charge in [0.25, 0.3) is 0 Å². The average molecular weight is 461 g/mol. The number of aliphatic carboxylic acids is 1. The van der Waals surface area contributed by atoms with Crippen LogP contribution >= 0.6 is 0 Å². The van der Waals surface area contributed by atoms with E-state index in [1.807, 2.05) is 36.4 Å². The van der Waals surface area contributed by atoms with Crippen LogP contribution in [-0.4, -0.2) is 41.8 Å². The summed E-state index contributed by atoms with van der Waals surface area (Å²) >= 11 is 0. The molecule has 7 nitrogen and oxygen atoms in total. The van der Waals surface area contributed by atoms with Gasteiger partial charge in [-0.1, -0.05) is 61.4 Å². The quantitative estimate of drug-likeness (QED) is 0.547. The smallest absolute Gasteiger partial charge is 0.407 e. The van der Waals surface area contributed by atoms with Crippen LogP contribution in [-0.2, 0) is 14.3 Å². The minimum Gasteiger partial charge on any atom is -0.481 e. The molecule has 3 N–H and O–H groups in total. The molecule has 2 aromatic rings. The predicted octanol–water partition coefficient (Wildman–Crippen LogP) is 3.68. The summed E-state index contributed by atoms with van der Waals surface area (Å²) in [6.45, 7) is 0.119. The molecule has 176 valence electrons. The zero-order valence-electron chi connectivity index (χ0n) is 18.8. The van der Waals surface area contributed by atoms with Gasteiger partial charge in [-0.2, -0.15) is 0 Å². The Balaban J connectivity index is 1.39. The molecule has 0 spiro atoms. The van der Waals surface area contributed by atoms with Crippen molar-refractivity contribution >= 4 is 18.0 Å². The van der Waals surface area contributed by atoms with Crippen LogP contribution in [0.15, 0.2) is 48.5 Å². The standard InChI is InChI=1S/C27H28N2O5/c1-2-9-24(25(30)28-23-15-8-7-14-21(23)26(31)32)29-27(33)34-16-22-19-12-5-3-10-17(19)18-11-4-6-13-20(18)22/h1,3-6,10-13,21-24H,7-9,14-16H2,(H,28,30)(H,29,33)(H,31,32). The van der Waals surface area contributed by atoms with E-state index in [-0.39, 0.29) is 18.9 Å². The first-order chi connectivity index (χ1) is 16.5. The second-order valence-corrected chi connectivity index (χ2v) is 8.77. The molecule has 2 aromatic carbocycles. The number of carbonyl (C=O) groups is 3. The Hall–Kier alpha value is -3.79. The number of carboxylic acid groups (broad SMARTS) is 1. The summed E-state index contributed by atoms with van der Waals surface area (Å²) in [5, 5.41) is 14.8. The maximum atomic E-state index is 12.8.